The van der Waals surface area contributed by atoms with Gasteiger partial charge >= 0.3 is 0 Å². The van der Waals surface area contributed by atoms with Crippen molar-refractivity contribution in [2.75, 3.05) is 13.7 Å². The first-order chi connectivity index (χ1) is 8.54. The van der Waals surface area contributed by atoms with Gasteiger partial charge in [0.05, 0.1) is 12.2 Å². The zero-order valence-corrected chi connectivity index (χ0v) is 10.5. The van der Waals surface area contributed by atoms with E-state index >= 15 is 0 Å². The van der Waals surface area contributed by atoms with Crippen molar-refractivity contribution in [2.24, 2.45) is 0 Å². The van der Waals surface area contributed by atoms with Gasteiger partial charge in [-0.3, -0.25) is 9.59 Å². The lowest BCUT2D eigenvalue weighted by Gasteiger charge is -2.07. The van der Waals surface area contributed by atoms with Crippen LogP contribution in [0.15, 0.2) is 18.2 Å². The number of nitrogens with one attached hydrogen (secondary N) is 1. The number of rotatable bonds is 6. The van der Waals surface area contributed by atoms with E-state index in [4.69, 9.17) is 4.74 Å². The highest BCUT2D eigenvalue weighted by molar-refractivity contribution is 5.94. The molecule has 0 unspecified atom stereocenters. The van der Waals surface area contributed by atoms with Gasteiger partial charge in [-0.2, -0.15) is 0 Å². The largest absolute Gasteiger partial charge is 0.493 e. The second kappa shape index (κ2) is 6.74. The van der Waals surface area contributed by atoms with Gasteiger partial charge in [-0.05, 0) is 25.5 Å². The molecule has 98 valence electrons. The number of carbonyl (C=O) groups is 2. The first-order valence-electron chi connectivity index (χ1n) is 5.68. The maximum Gasteiger partial charge on any atom is 0.219 e. The summed E-state index contributed by atoms with van der Waals surface area (Å²) in [6.45, 7) is 1.63. The minimum absolute atomic E-state index is 0.0488. The molecule has 0 aromatic heterocycles. The third-order valence-electron chi connectivity index (χ3n) is 2.42. The first-order valence-corrected chi connectivity index (χ1v) is 5.68. The van der Waals surface area contributed by atoms with E-state index in [1.54, 1.807) is 13.1 Å². The third kappa shape index (κ3) is 4.16. The van der Waals surface area contributed by atoms with Crippen LogP contribution >= 0.6 is 0 Å². The molecule has 0 radical (unpaired) electrons. The molecule has 5 heteroatoms. The molecule has 1 rings (SSSR count). The predicted molar refractivity (Wildman–Crippen MR) is 65.2 cm³/mol. The highest BCUT2D eigenvalue weighted by atomic mass is 19.1. The summed E-state index contributed by atoms with van der Waals surface area (Å²) in [7, 11) is 1.57. The van der Waals surface area contributed by atoms with E-state index in [-0.39, 0.29) is 17.3 Å². The SMILES string of the molecule is CNC(=O)CCCOc1ccc(C(C)=O)c(F)c1. The van der Waals surface area contributed by atoms with Crippen LogP contribution in [0.4, 0.5) is 4.39 Å². The molecule has 0 aliphatic carbocycles. The summed E-state index contributed by atoms with van der Waals surface area (Å²) in [6, 6.07) is 4.11. The number of halogens is 1. The Balaban J connectivity index is 2.46. The summed E-state index contributed by atoms with van der Waals surface area (Å²) >= 11 is 0. The molecule has 0 spiro atoms. The zero-order valence-electron chi connectivity index (χ0n) is 10.5. The molecule has 0 aliphatic heterocycles. The van der Waals surface area contributed by atoms with Gasteiger partial charge in [0.25, 0.3) is 0 Å². The minimum Gasteiger partial charge on any atom is -0.493 e. The van der Waals surface area contributed by atoms with Crippen LogP contribution in [0.2, 0.25) is 0 Å². The smallest absolute Gasteiger partial charge is 0.219 e. The average molecular weight is 253 g/mol. The molecule has 0 bridgehead atoms. The molecular weight excluding hydrogens is 237 g/mol. The normalized spacial score (nSPS) is 9.94. The predicted octanol–water partition coefficient (Wildman–Crippen LogP) is 1.93. The van der Waals surface area contributed by atoms with Gasteiger partial charge in [0.15, 0.2) is 5.78 Å². The molecule has 0 aliphatic rings. The lowest BCUT2D eigenvalue weighted by atomic mass is 10.1. The van der Waals surface area contributed by atoms with Gasteiger partial charge in [0.2, 0.25) is 5.91 Å². The maximum absolute atomic E-state index is 13.4. The third-order valence-corrected chi connectivity index (χ3v) is 2.42. The van der Waals surface area contributed by atoms with Crippen LogP contribution in [0.1, 0.15) is 30.1 Å². The molecule has 4 nitrogen and oxygen atoms in total. The van der Waals surface area contributed by atoms with Gasteiger partial charge in [0.1, 0.15) is 11.6 Å². The van der Waals surface area contributed by atoms with Crippen molar-refractivity contribution < 1.29 is 18.7 Å². The van der Waals surface area contributed by atoms with Crippen molar-refractivity contribution in [3.8, 4) is 5.75 Å². The summed E-state index contributed by atoms with van der Waals surface area (Å²) < 4.78 is 18.7. The molecule has 0 saturated carbocycles. The van der Waals surface area contributed by atoms with Gasteiger partial charge < -0.3 is 10.1 Å². The molecule has 0 atom stereocenters. The van der Waals surface area contributed by atoms with E-state index in [9.17, 15) is 14.0 Å². The molecular formula is C13H16FNO3. The van der Waals surface area contributed by atoms with E-state index in [2.05, 4.69) is 5.32 Å². The molecule has 1 aromatic carbocycles. The second-order valence-corrected chi connectivity index (χ2v) is 3.82. The lowest BCUT2D eigenvalue weighted by molar-refractivity contribution is -0.120. The summed E-state index contributed by atoms with van der Waals surface area (Å²) in [5.74, 6) is -0.615. The summed E-state index contributed by atoms with van der Waals surface area (Å²) in [5.41, 5.74) is 0.0488. The molecule has 1 N–H and O–H groups in total. The van der Waals surface area contributed by atoms with E-state index in [0.717, 1.165) is 0 Å². The standard InChI is InChI=1S/C13H16FNO3/c1-9(16)11-6-5-10(8-12(11)14)18-7-3-4-13(17)15-2/h5-6,8H,3-4,7H2,1-2H3,(H,15,17). The van der Waals surface area contributed by atoms with Gasteiger partial charge in [-0.1, -0.05) is 0 Å². The number of amides is 1. The maximum atomic E-state index is 13.4. The second-order valence-electron chi connectivity index (χ2n) is 3.82. The van der Waals surface area contributed by atoms with E-state index in [1.165, 1.54) is 19.1 Å². The highest BCUT2D eigenvalue weighted by Crippen LogP contribution is 2.17. The number of Topliss-reactive ketones (excluding diaryl/α,β-unsaturated/α-hetero) is 1. The Kier molecular flexibility index (Phi) is 5.30. The number of ether oxygens (including phenoxy) is 1. The van der Waals surface area contributed by atoms with Crippen molar-refractivity contribution in [3.63, 3.8) is 0 Å². The van der Waals surface area contributed by atoms with Crippen LogP contribution in [0.5, 0.6) is 5.75 Å². The van der Waals surface area contributed by atoms with Gasteiger partial charge in [-0.25, -0.2) is 4.39 Å². The van der Waals surface area contributed by atoms with Crippen LogP contribution < -0.4 is 10.1 Å². The molecule has 0 saturated heterocycles. The number of carbonyl (C=O) groups excluding carboxylic acids is 2. The quantitative estimate of drug-likeness (QED) is 0.622. The van der Waals surface area contributed by atoms with Crippen molar-refractivity contribution in [1.82, 2.24) is 5.32 Å². The minimum atomic E-state index is -0.591. The molecule has 1 aromatic rings. The number of ketones is 1. The Hall–Kier alpha value is -1.91. The Morgan fingerprint density at radius 1 is 1.39 bits per heavy atom. The van der Waals surface area contributed by atoms with E-state index < -0.39 is 5.82 Å². The van der Waals surface area contributed by atoms with E-state index in [1.807, 2.05) is 0 Å². The summed E-state index contributed by atoms with van der Waals surface area (Å²) in [4.78, 5) is 22.0. The monoisotopic (exact) mass is 253 g/mol. The van der Waals surface area contributed by atoms with Crippen molar-refractivity contribution in [3.05, 3.63) is 29.6 Å². The van der Waals surface area contributed by atoms with Gasteiger partial charge in [0, 0.05) is 19.5 Å². The Morgan fingerprint density at radius 2 is 2.11 bits per heavy atom. The molecule has 1 amide bonds. The lowest BCUT2D eigenvalue weighted by Crippen LogP contribution is -2.18. The van der Waals surface area contributed by atoms with Crippen molar-refractivity contribution in [2.45, 2.75) is 19.8 Å². The fraction of sp³-hybridized carbons (Fsp3) is 0.385. The molecule has 0 fully saturated rings. The van der Waals surface area contributed by atoms with Crippen LogP contribution in [0.25, 0.3) is 0 Å². The zero-order chi connectivity index (χ0) is 13.5. The Labute approximate surface area is 105 Å². The number of hydrogen-bond acceptors (Lipinski definition) is 3. The highest BCUT2D eigenvalue weighted by Gasteiger charge is 2.08. The van der Waals surface area contributed by atoms with Crippen LogP contribution in [0.3, 0.4) is 0 Å². The fourth-order valence-electron chi connectivity index (χ4n) is 1.42. The first kappa shape index (κ1) is 14.2. The van der Waals surface area contributed by atoms with Crippen LogP contribution in [-0.2, 0) is 4.79 Å². The fourth-order valence-corrected chi connectivity index (χ4v) is 1.42. The number of hydrogen-bond donors (Lipinski definition) is 1. The average Bonchev–Trinajstić information content (AvgIpc) is 2.34. The topological polar surface area (TPSA) is 55.4 Å². The molecule has 0 heterocycles. The molecule has 18 heavy (non-hydrogen) atoms. The summed E-state index contributed by atoms with van der Waals surface area (Å²) in [6.07, 6.45) is 0.917. The van der Waals surface area contributed by atoms with Crippen molar-refractivity contribution >= 4 is 11.7 Å². The van der Waals surface area contributed by atoms with E-state index in [0.29, 0.717) is 25.2 Å². The summed E-state index contributed by atoms with van der Waals surface area (Å²) in [5, 5.41) is 2.50. The van der Waals surface area contributed by atoms with Crippen molar-refractivity contribution in [1.29, 1.82) is 0 Å². The van der Waals surface area contributed by atoms with Gasteiger partial charge in [-0.15, -0.1) is 0 Å². The Morgan fingerprint density at radius 3 is 2.67 bits per heavy atom. The number of benzene rings is 1. The van der Waals surface area contributed by atoms with Crippen LogP contribution in [-0.4, -0.2) is 25.3 Å². The van der Waals surface area contributed by atoms with Crippen LogP contribution in [0, 0.1) is 5.82 Å². The Bertz CT molecular complexity index is 446.